The highest BCUT2D eigenvalue weighted by Gasteiger charge is 2.40. The molecule has 0 fully saturated rings. The van der Waals surface area contributed by atoms with E-state index in [2.05, 4.69) is 54.4 Å². The van der Waals surface area contributed by atoms with Crippen molar-refractivity contribution in [3.8, 4) is 17.2 Å². The molecule has 3 aromatic carbocycles. The van der Waals surface area contributed by atoms with Gasteiger partial charge in [-0.05, 0) is 73.5 Å². The topological polar surface area (TPSA) is 43.3 Å². The summed E-state index contributed by atoms with van der Waals surface area (Å²) in [5, 5.41) is 7.16. The molecule has 5 rings (SSSR count). The van der Waals surface area contributed by atoms with Crippen LogP contribution in [0, 0.1) is 0 Å². The highest BCUT2D eigenvalue weighted by molar-refractivity contribution is 6.02. The van der Waals surface area contributed by atoms with Crippen LogP contribution in [0.25, 0.3) is 0 Å². The Morgan fingerprint density at radius 3 is 2.39 bits per heavy atom. The molecule has 2 heterocycles. The fraction of sp³-hybridized carbons (Fsp3) is 0.321. The summed E-state index contributed by atoms with van der Waals surface area (Å²) >= 11 is 0. The highest BCUT2D eigenvalue weighted by Crippen LogP contribution is 2.47. The van der Waals surface area contributed by atoms with Gasteiger partial charge in [-0.1, -0.05) is 31.5 Å². The second-order valence-corrected chi connectivity index (χ2v) is 8.38. The van der Waals surface area contributed by atoms with E-state index >= 15 is 0 Å². The largest absolute Gasteiger partial charge is 0.494 e. The molecule has 0 N–H and O–H groups in total. The van der Waals surface area contributed by atoms with Crippen LogP contribution < -0.4 is 14.2 Å². The monoisotopic (exact) mass is 442 g/mol. The minimum absolute atomic E-state index is 0.141. The Morgan fingerprint density at radius 1 is 0.909 bits per heavy atom. The number of para-hydroxylation sites is 1. The van der Waals surface area contributed by atoms with Gasteiger partial charge in [0.05, 0.1) is 25.0 Å². The zero-order valence-electron chi connectivity index (χ0n) is 19.2. The van der Waals surface area contributed by atoms with Gasteiger partial charge in [-0.3, -0.25) is 0 Å². The summed E-state index contributed by atoms with van der Waals surface area (Å²) in [6.07, 6.45) is 2.74. The number of nitrogens with zero attached hydrogens (tertiary/aromatic N) is 2. The molecular weight excluding hydrogens is 412 g/mol. The Balaban J connectivity index is 1.43. The van der Waals surface area contributed by atoms with Gasteiger partial charge in [0.1, 0.15) is 17.2 Å². The van der Waals surface area contributed by atoms with Crippen molar-refractivity contribution in [3.63, 3.8) is 0 Å². The average Bonchev–Trinajstić information content (AvgIpc) is 3.31. The second kappa shape index (κ2) is 9.57. The lowest BCUT2D eigenvalue weighted by atomic mass is 9.96. The molecule has 170 valence electrons. The summed E-state index contributed by atoms with van der Waals surface area (Å²) in [7, 11) is 0. The van der Waals surface area contributed by atoms with Crippen LogP contribution in [0.4, 0.5) is 0 Å². The standard InChI is InChI=1S/C28H30N2O3/c1-3-5-18-32-23-16-12-21(13-17-23)28-30-26(24-8-6-7-9-27(24)33-28)19-25(29-30)20-10-14-22(15-11-20)31-4-2/h6-17,26,28H,3-5,18-19H2,1-2H3. The number of fused-ring (bicyclic) bond motifs is 3. The smallest absolute Gasteiger partial charge is 0.213 e. The predicted octanol–water partition coefficient (Wildman–Crippen LogP) is 6.51. The van der Waals surface area contributed by atoms with Crippen LogP contribution in [0.5, 0.6) is 17.2 Å². The summed E-state index contributed by atoms with van der Waals surface area (Å²) in [5.74, 6) is 2.69. The zero-order valence-corrected chi connectivity index (χ0v) is 19.2. The quantitative estimate of drug-likeness (QED) is 0.373. The normalized spacial score (nSPS) is 18.7. The predicted molar refractivity (Wildman–Crippen MR) is 130 cm³/mol. The summed E-state index contributed by atoms with van der Waals surface area (Å²) in [4.78, 5) is 0. The van der Waals surface area contributed by atoms with E-state index in [4.69, 9.17) is 19.3 Å². The first kappa shape index (κ1) is 21.4. The lowest BCUT2D eigenvalue weighted by molar-refractivity contribution is -0.0190. The maximum atomic E-state index is 6.46. The van der Waals surface area contributed by atoms with E-state index in [0.717, 1.165) is 60.0 Å². The molecule has 2 atom stereocenters. The zero-order chi connectivity index (χ0) is 22.6. The van der Waals surface area contributed by atoms with Crippen LogP contribution in [0.2, 0.25) is 0 Å². The molecule has 0 spiro atoms. The van der Waals surface area contributed by atoms with Crippen LogP contribution in [-0.2, 0) is 0 Å². The molecule has 33 heavy (non-hydrogen) atoms. The van der Waals surface area contributed by atoms with Crippen LogP contribution in [0.3, 0.4) is 0 Å². The summed E-state index contributed by atoms with van der Waals surface area (Å²) < 4.78 is 17.9. The SMILES string of the molecule is CCCCOc1ccc(C2Oc3ccccc3C3CC(c4ccc(OCC)cc4)=NN32)cc1. The van der Waals surface area contributed by atoms with Gasteiger partial charge in [-0.2, -0.15) is 5.10 Å². The summed E-state index contributed by atoms with van der Waals surface area (Å²) in [6.45, 7) is 5.56. The van der Waals surface area contributed by atoms with E-state index < -0.39 is 0 Å². The average molecular weight is 443 g/mol. The minimum atomic E-state index is -0.283. The van der Waals surface area contributed by atoms with Crippen LogP contribution in [-0.4, -0.2) is 23.9 Å². The number of rotatable bonds is 8. The number of unbranched alkanes of at least 4 members (excludes halogenated alkanes) is 1. The molecule has 0 saturated heterocycles. The number of hydrogen-bond donors (Lipinski definition) is 0. The summed E-state index contributed by atoms with van der Waals surface area (Å²) in [5.41, 5.74) is 4.42. The molecule has 2 aliphatic heterocycles. The Morgan fingerprint density at radius 2 is 1.64 bits per heavy atom. The van der Waals surface area contributed by atoms with E-state index in [-0.39, 0.29) is 12.3 Å². The molecule has 5 nitrogen and oxygen atoms in total. The van der Waals surface area contributed by atoms with E-state index in [0.29, 0.717) is 6.61 Å². The van der Waals surface area contributed by atoms with Crippen molar-refractivity contribution in [1.82, 2.24) is 5.01 Å². The minimum Gasteiger partial charge on any atom is -0.494 e. The Hall–Kier alpha value is -3.47. The maximum absolute atomic E-state index is 6.46. The molecule has 0 aromatic heterocycles. The molecule has 2 unspecified atom stereocenters. The van der Waals surface area contributed by atoms with E-state index in [9.17, 15) is 0 Å². The highest BCUT2D eigenvalue weighted by atomic mass is 16.5. The van der Waals surface area contributed by atoms with Gasteiger partial charge in [0.15, 0.2) is 0 Å². The Labute approximate surface area is 195 Å². The first-order chi connectivity index (χ1) is 16.3. The van der Waals surface area contributed by atoms with Crippen molar-refractivity contribution in [1.29, 1.82) is 0 Å². The van der Waals surface area contributed by atoms with Gasteiger partial charge in [-0.15, -0.1) is 0 Å². The Bertz CT molecular complexity index is 1110. The number of benzene rings is 3. The third-order valence-corrected chi connectivity index (χ3v) is 6.13. The summed E-state index contributed by atoms with van der Waals surface area (Å²) in [6, 6.07) is 24.9. The van der Waals surface area contributed by atoms with E-state index in [1.165, 1.54) is 5.56 Å². The van der Waals surface area contributed by atoms with Gasteiger partial charge >= 0.3 is 0 Å². The molecule has 0 radical (unpaired) electrons. The molecule has 3 aromatic rings. The van der Waals surface area contributed by atoms with E-state index in [1.807, 2.05) is 37.3 Å². The Kier molecular flexibility index (Phi) is 6.20. The molecule has 0 saturated carbocycles. The van der Waals surface area contributed by atoms with Crippen molar-refractivity contribution in [3.05, 3.63) is 89.5 Å². The number of ether oxygens (including phenoxy) is 3. The third kappa shape index (κ3) is 4.40. The first-order valence-corrected chi connectivity index (χ1v) is 11.8. The lowest BCUT2D eigenvalue weighted by Crippen LogP contribution is -2.33. The van der Waals surface area contributed by atoms with E-state index in [1.54, 1.807) is 0 Å². The lowest BCUT2D eigenvalue weighted by Gasteiger charge is -2.38. The van der Waals surface area contributed by atoms with Crippen molar-refractivity contribution in [2.24, 2.45) is 5.10 Å². The molecule has 0 aliphatic carbocycles. The molecule has 0 amide bonds. The fourth-order valence-electron chi connectivity index (χ4n) is 4.40. The van der Waals surface area contributed by atoms with Crippen molar-refractivity contribution in [2.75, 3.05) is 13.2 Å². The molecule has 2 aliphatic rings. The van der Waals surface area contributed by atoms with Crippen LogP contribution >= 0.6 is 0 Å². The molecule has 5 heteroatoms. The number of hydrazone groups is 1. The maximum Gasteiger partial charge on any atom is 0.213 e. The first-order valence-electron chi connectivity index (χ1n) is 11.8. The third-order valence-electron chi connectivity index (χ3n) is 6.13. The van der Waals surface area contributed by atoms with Crippen LogP contribution in [0.1, 0.15) is 62.1 Å². The van der Waals surface area contributed by atoms with Gasteiger partial charge in [-0.25, -0.2) is 5.01 Å². The van der Waals surface area contributed by atoms with Gasteiger partial charge in [0.2, 0.25) is 6.23 Å². The van der Waals surface area contributed by atoms with Crippen molar-refractivity contribution < 1.29 is 14.2 Å². The number of hydrogen-bond acceptors (Lipinski definition) is 5. The second-order valence-electron chi connectivity index (χ2n) is 8.38. The van der Waals surface area contributed by atoms with Crippen molar-refractivity contribution >= 4 is 5.71 Å². The van der Waals surface area contributed by atoms with Gasteiger partial charge in [0.25, 0.3) is 0 Å². The van der Waals surface area contributed by atoms with Gasteiger partial charge < -0.3 is 14.2 Å². The van der Waals surface area contributed by atoms with Crippen molar-refractivity contribution in [2.45, 2.75) is 45.4 Å². The van der Waals surface area contributed by atoms with Crippen LogP contribution in [0.15, 0.2) is 77.9 Å². The fourth-order valence-corrected chi connectivity index (χ4v) is 4.40. The molecular formula is C28H30N2O3. The van der Waals surface area contributed by atoms with Gasteiger partial charge in [0, 0.05) is 17.5 Å². The molecule has 0 bridgehead atoms.